The van der Waals surface area contributed by atoms with Crippen LogP contribution in [0.25, 0.3) is 0 Å². The average molecular weight is 330 g/mol. The molecule has 0 saturated carbocycles. The molecule has 3 nitrogen and oxygen atoms in total. The molecule has 1 unspecified atom stereocenters. The van der Waals surface area contributed by atoms with Crippen molar-refractivity contribution in [2.45, 2.75) is 31.3 Å². The third-order valence-electron chi connectivity index (χ3n) is 4.57. The second-order valence-corrected chi connectivity index (χ2v) is 6.85. The first-order valence-corrected chi connectivity index (χ1v) is 8.67. The third-order valence-corrected chi connectivity index (χ3v) is 4.80. The maximum atomic E-state index is 6.21. The number of benzene rings is 1. The average Bonchev–Trinajstić information content (AvgIpc) is 2.57. The predicted octanol–water partition coefficient (Wildman–Crippen LogP) is 3.70. The van der Waals surface area contributed by atoms with Gasteiger partial charge in [0, 0.05) is 29.5 Å². The van der Waals surface area contributed by atoms with Crippen LogP contribution >= 0.6 is 11.6 Å². The number of aromatic nitrogens is 1. The highest BCUT2D eigenvalue weighted by Crippen LogP contribution is 2.23. The number of likely N-dealkylation sites (tertiary alicyclic amines) is 1. The van der Waals surface area contributed by atoms with E-state index in [4.69, 9.17) is 11.6 Å². The lowest BCUT2D eigenvalue weighted by Gasteiger charge is -2.33. The van der Waals surface area contributed by atoms with Gasteiger partial charge in [-0.15, -0.1) is 0 Å². The first kappa shape index (κ1) is 16.4. The smallest absolute Gasteiger partial charge is 0.0409 e. The van der Waals surface area contributed by atoms with Gasteiger partial charge in [0.1, 0.15) is 0 Å². The Labute approximate surface area is 143 Å². The Morgan fingerprint density at radius 1 is 1.26 bits per heavy atom. The molecule has 4 heteroatoms. The summed E-state index contributed by atoms with van der Waals surface area (Å²) in [5.74, 6) is 0. The SMILES string of the molecule is CN1CCC(NC(Cc2cccnc2)c2cccc(Cl)c2)CC1. The van der Waals surface area contributed by atoms with Crippen molar-refractivity contribution >= 4 is 11.6 Å². The molecule has 1 saturated heterocycles. The van der Waals surface area contributed by atoms with Gasteiger partial charge in [0.15, 0.2) is 0 Å². The fourth-order valence-electron chi connectivity index (χ4n) is 3.21. The van der Waals surface area contributed by atoms with Crippen molar-refractivity contribution in [1.82, 2.24) is 15.2 Å². The Hall–Kier alpha value is -1.42. The van der Waals surface area contributed by atoms with E-state index in [0.29, 0.717) is 6.04 Å². The molecule has 1 aliphatic heterocycles. The van der Waals surface area contributed by atoms with Crippen molar-refractivity contribution in [3.63, 3.8) is 0 Å². The van der Waals surface area contributed by atoms with Crippen molar-refractivity contribution in [3.05, 3.63) is 64.9 Å². The molecular formula is C19H24ClN3. The minimum atomic E-state index is 0.270. The summed E-state index contributed by atoms with van der Waals surface area (Å²) in [4.78, 5) is 6.64. The molecular weight excluding hydrogens is 306 g/mol. The normalized spacial score (nSPS) is 18.0. The van der Waals surface area contributed by atoms with Crippen LogP contribution in [0.1, 0.15) is 30.0 Å². The van der Waals surface area contributed by atoms with E-state index in [1.165, 1.54) is 24.0 Å². The molecule has 1 N–H and O–H groups in total. The van der Waals surface area contributed by atoms with Gasteiger partial charge in [-0.25, -0.2) is 0 Å². The highest BCUT2D eigenvalue weighted by molar-refractivity contribution is 6.30. The van der Waals surface area contributed by atoms with E-state index in [1.54, 1.807) is 0 Å². The van der Waals surface area contributed by atoms with E-state index in [0.717, 1.165) is 24.5 Å². The van der Waals surface area contributed by atoms with Crippen LogP contribution in [0, 0.1) is 0 Å². The third kappa shape index (κ3) is 4.77. The standard InChI is InChI=1S/C19H24ClN3/c1-23-10-7-18(8-11-23)22-19(12-15-4-3-9-21-14-15)16-5-2-6-17(20)13-16/h2-6,9,13-14,18-19,22H,7-8,10-12H2,1H3. The minimum absolute atomic E-state index is 0.270. The Morgan fingerprint density at radius 2 is 2.09 bits per heavy atom. The van der Waals surface area contributed by atoms with Gasteiger partial charge in [0.2, 0.25) is 0 Å². The molecule has 0 amide bonds. The Balaban J connectivity index is 1.75. The number of hydrogen-bond acceptors (Lipinski definition) is 3. The second-order valence-electron chi connectivity index (χ2n) is 6.42. The molecule has 23 heavy (non-hydrogen) atoms. The summed E-state index contributed by atoms with van der Waals surface area (Å²) in [6.07, 6.45) is 7.10. The van der Waals surface area contributed by atoms with E-state index in [2.05, 4.69) is 40.4 Å². The quantitative estimate of drug-likeness (QED) is 0.906. The largest absolute Gasteiger partial charge is 0.307 e. The van der Waals surface area contributed by atoms with Gasteiger partial charge in [-0.2, -0.15) is 0 Å². The van der Waals surface area contributed by atoms with Gasteiger partial charge in [-0.3, -0.25) is 4.98 Å². The number of nitrogens with one attached hydrogen (secondary N) is 1. The molecule has 1 aliphatic rings. The maximum absolute atomic E-state index is 6.21. The van der Waals surface area contributed by atoms with Crippen molar-refractivity contribution in [2.75, 3.05) is 20.1 Å². The predicted molar refractivity (Wildman–Crippen MR) is 95.8 cm³/mol. The van der Waals surface area contributed by atoms with Gasteiger partial charge in [-0.05, 0) is 68.7 Å². The summed E-state index contributed by atoms with van der Waals surface area (Å²) in [7, 11) is 2.19. The van der Waals surface area contributed by atoms with Gasteiger partial charge < -0.3 is 10.2 Å². The lowest BCUT2D eigenvalue weighted by atomic mass is 9.96. The van der Waals surface area contributed by atoms with E-state index in [1.807, 2.05) is 30.6 Å². The molecule has 1 atom stereocenters. The number of piperidine rings is 1. The van der Waals surface area contributed by atoms with Crippen molar-refractivity contribution in [1.29, 1.82) is 0 Å². The molecule has 1 aromatic heterocycles. The zero-order valence-electron chi connectivity index (χ0n) is 13.6. The van der Waals surface area contributed by atoms with E-state index >= 15 is 0 Å². The van der Waals surface area contributed by atoms with Crippen LogP contribution in [-0.4, -0.2) is 36.1 Å². The van der Waals surface area contributed by atoms with E-state index in [9.17, 15) is 0 Å². The molecule has 0 aliphatic carbocycles. The molecule has 0 spiro atoms. The van der Waals surface area contributed by atoms with E-state index in [-0.39, 0.29) is 6.04 Å². The van der Waals surface area contributed by atoms with Crippen LogP contribution in [-0.2, 0) is 6.42 Å². The van der Waals surface area contributed by atoms with Crippen molar-refractivity contribution < 1.29 is 0 Å². The molecule has 122 valence electrons. The van der Waals surface area contributed by atoms with Gasteiger partial charge in [0.05, 0.1) is 0 Å². The molecule has 2 aromatic rings. The number of pyridine rings is 1. The molecule has 3 rings (SSSR count). The van der Waals surface area contributed by atoms with E-state index < -0.39 is 0 Å². The maximum Gasteiger partial charge on any atom is 0.0409 e. The fraction of sp³-hybridized carbons (Fsp3) is 0.421. The topological polar surface area (TPSA) is 28.2 Å². The highest BCUT2D eigenvalue weighted by atomic mass is 35.5. The molecule has 1 fully saturated rings. The molecule has 0 radical (unpaired) electrons. The summed E-state index contributed by atoms with van der Waals surface area (Å²) in [5, 5.41) is 4.65. The van der Waals surface area contributed by atoms with Gasteiger partial charge >= 0.3 is 0 Å². The Morgan fingerprint density at radius 3 is 2.78 bits per heavy atom. The summed E-state index contributed by atoms with van der Waals surface area (Å²) in [6, 6.07) is 13.2. The number of nitrogens with zero attached hydrogens (tertiary/aromatic N) is 2. The van der Waals surface area contributed by atoms with Crippen LogP contribution in [0.4, 0.5) is 0 Å². The van der Waals surface area contributed by atoms with Crippen LogP contribution in [0.3, 0.4) is 0 Å². The molecule has 2 heterocycles. The minimum Gasteiger partial charge on any atom is -0.307 e. The summed E-state index contributed by atoms with van der Waals surface area (Å²) in [6.45, 7) is 2.32. The monoisotopic (exact) mass is 329 g/mol. The van der Waals surface area contributed by atoms with Gasteiger partial charge in [-0.1, -0.05) is 29.8 Å². The second kappa shape index (κ2) is 7.91. The van der Waals surface area contributed by atoms with Crippen LogP contribution < -0.4 is 5.32 Å². The summed E-state index contributed by atoms with van der Waals surface area (Å²) < 4.78 is 0. The first-order valence-electron chi connectivity index (χ1n) is 8.29. The first-order chi connectivity index (χ1) is 11.2. The fourth-order valence-corrected chi connectivity index (χ4v) is 3.41. The lowest BCUT2D eigenvalue weighted by molar-refractivity contribution is 0.224. The zero-order valence-corrected chi connectivity index (χ0v) is 14.3. The molecule has 0 bridgehead atoms. The van der Waals surface area contributed by atoms with Crippen molar-refractivity contribution in [3.8, 4) is 0 Å². The zero-order chi connectivity index (χ0) is 16.1. The number of hydrogen-bond donors (Lipinski definition) is 1. The van der Waals surface area contributed by atoms with Crippen LogP contribution in [0.2, 0.25) is 5.02 Å². The summed E-state index contributed by atoms with van der Waals surface area (Å²) >= 11 is 6.21. The summed E-state index contributed by atoms with van der Waals surface area (Å²) in [5.41, 5.74) is 2.50. The highest BCUT2D eigenvalue weighted by Gasteiger charge is 2.21. The van der Waals surface area contributed by atoms with Crippen LogP contribution in [0.15, 0.2) is 48.8 Å². The van der Waals surface area contributed by atoms with Crippen molar-refractivity contribution in [2.24, 2.45) is 0 Å². The number of halogens is 1. The van der Waals surface area contributed by atoms with Gasteiger partial charge in [0.25, 0.3) is 0 Å². The lowest BCUT2D eigenvalue weighted by Crippen LogP contribution is -2.42. The number of rotatable bonds is 5. The Bertz CT molecular complexity index is 609. The Kier molecular flexibility index (Phi) is 5.65. The molecule has 1 aromatic carbocycles. The van der Waals surface area contributed by atoms with Crippen LogP contribution in [0.5, 0.6) is 0 Å².